The number of ether oxygens (including phenoxy) is 2. The van der Waals surface area contributed by atoms with E-state index in [4.69, 9.17) is 9.47 Å². The summed E-state index contributed by atoms with van der Waals surface area (Å²) in [7, 11) is 1.69. The Kier molecular flexibility index (Phi) is 5.54. The van der Waals surface area contributed by atoms with Gasteiger partial charge in [-0.3, -0.25) is 4.98 Å². The summed E-state index contributed by atoms with van der Waals surface area (Å²) >= 11 is 2.35. The van der Waals surface area contributed by atoms with Gasteiger partial charge >= 0.3 is 0 Å². The molecule has 23 heavy (non-hydrogen) atoms. The quantitative estimate of drug-likeness (QED) is 0.611. The highest BCUT2D eigenvalue weighted by Gasteiger charge is 2.18. The van der Waals surface area contributed by atoms with Crippen LogP contribution in [0.3, 0.4) is 0 Å². The molecule has 1 aromatic carbocycles. The summed E-state index contributed by atoms with van der Waals surface area (Å²) in [5.74, 6) is 1.64. The van der Waals surface area contributed by atoms with E-state index in [1.165, 1.54) is 16.4 Å². The van der Waals surface area contributed by atoms with E-state index in [-0.39, 0.29) is 0 Å². The lowest BCUT2D eigenvalue weighted by atomic mass is 10.1. The van der Waals surface area contributed by atoms with Gasteiger partial charge < -0.3 is 9.47 Å². The summed E-state index contributed by atoms with van der Waals surface area (Å²) in [5, 5.41) is 0. The molecule has 0 N–H and O–H groups in total. The van der Waals surface area contributed by atoms with Crippen molar-refractivity contribution in [2.45, 2.75) is 31.8 Å². The Morgan fingerprint density at radius 3 is 2.57 bits per heavy atom. The van der Waals surface area contributed by atoms with Crippen LogP contribution in [0.1, 0.15) is 36.8 Å². The first-order valence-corrected chi connectivity index (χ1v) is 8.96. The van der Waals surface area contributed by atoms with Crippen molar-refractivity contribution in [1.82, 2.24) is 4.98 Å². The second kappa shape index (κ2) is 7.81. The number of halogens is 1. The van der Waals surface area contributed by atoms with Gasteiger partial charge in [0.2, 0.25) is 0 Å². The fourth-order valence-electron chi connectivity index (χ4n) is 2.80. The third-order valence-electron chi connectivity index (χ3n) is 4.03. The van der Waals surface area contributed by atoms with Crippen LogP contribution in [0.2, 0.25) is 0 Å². The lowest BCUT2D eigenvalue weighted by Crippen LogP contribution is -2.11. The van der Waals surface area contributed by atoms with E-state index >= 15 is 0 Å². The molecular formula is C19H20INO2. The maximum Gasteiger partial charge on any atom is 0.162 e. The second-order valence-electron chi connectivity index (χ2n) is 5.66. The van der Waals surface area contributed by atoms with Gasteiger partial charge in [0, 0.05) is 16.0 Å². The van der Waals surface area contributed by atoms with Crippen LogP contribution in [-0.4, -0.2) is 18.2 Å². The van der Waals surface area contributed by atoms with Gasteiger partial charge in [0.05, 0.1) is 13.2 Å². The van der Waals surface area contributed by atoms with Gasteiger partial charge in [0.1, 0.15) is 0 Å². The maximum absolute atomic E-state index is 6.16. The summed E-state index contributed by atoms with van der Waals surface area (Å²) in [4.78, 5) is 4.06. The molecule has 3 rings (SSSR count). The minimum absolute atomic E-state index is 0.322. The Morgan fingerprint density at radius 2 is 1.87 bits per heavy atom. The largest absolute Gasteiger partial charge is 0.493 e. The van der Waals surface area contributed by atoms with E-state index in [1.807, 2.05) is 30.6 Å². The Hall–Kier alpha value is -1.56. The Morgan fingerprint density at radius 1 is 1.13 bits per heavy atom. The fourth-order valence-corrected chi connectivity index (χ4v) is 3.52. The van der Waals surface area contributed by atoms with Crippen LogP contribution in [0.5, 0.6) is 11.5 Å². The number of nitrogens with zero attached hydrogens (tertiary/aromatic N) is 1. The molecule has 0 amide bonds. The molecule has 0 atom stereocenters. The number of benzene rings is 1. The first-order valence-electron chi connectivity index (χ1n) is 7.88. The van der Waals surface area contributed by atoms with Gasteiger partial charge in [-0.1, -0.05) is 6.07 Å². The lowest BCUT2D eigenvalue weighted by Gasteiger charge is -2.16. The molecule has 0 unspecified atom stereocenters. The molecule has 120 valence electrons. The smallest absolute Gasteiger partial charge is 0.162 e. The number of methoxy groups -OCH3 is 1. The zero-order valence-corrected chi connectivity index (χ0v) is 15.3. The maximum atomic E-state index is 6.16. The van der Waals surface area contributed by atoms with Gasteiger partial charge in [-0.05, 0) is 89.7 Å². The summed E-state index contributed by atoms with van der Waals surface area (Å²) in [6, 6.07) is 10.1. The van der Waals surface area contributed by atoms with Crippen LogP contribution >= 0.6 is 22.6 Å². The first kappa shape index (κ1) is 16.3. The molecule has 0 spiro atoms. The highest BCUT2D eigenvalue weighted by Crippen LogP contribution is 2.34. The summed E-state index contributed by atoms with van der Waals surface area (Å²) in [6.45, 7) is 0. The third-order valence-corrected chi connectivity index (χ3v) is 4.97. The molecular weight excluding hydrogens is 401 g/mol. The third kappa shape index (κ3) is 4.25. The SMILES string of the molecule is COc1ccc(C=C(I)c2ccncc2)cc1OC1CCCC1. The molecule has 0 radical (unpaired) electrons. The van der Waals surface area contributed by atoms with Crippen molar-refractivity contribution in [3.63, 3.8) is 0 Å². The van der Waals surface area contributed by atoms with Crippen LogP contribution in [-0.2, 0) is 0 Å². The molecule has 0 aliphatic heterocycles. The summed E-state index contributed by atoms with van der Waals surface area (Å²) in [5.41, 5.74) is 2.27. The van der Waals surface area contributed by atoms with E-state index in [1.54, 1.807) is 7.11 Å². The topological polar surface area (TPSA) is 31.4 Å². The van der Waals surface area contributed by atoms with Gasteiger partial charge in [-0.2, -0.15) is 0 Å². The van der Waals surface area contributed by atoms with E-state index in [2.05, 4.69) is 45.8 Å². The number of pyridine rings is 1. The molecule has 1 aliphatic rings. The van der Waals surface area contributed by atoms with E-state index in [0.717, 1.165) is 35.5 Å². The molecule has 1 heterocycles. The molecule has 2 aromatic rings. The fraction of sp³-hybridized carbons (Fsp3) is 0.316. The average molecular weight is 421 g/mol. The van der Waals surface area contributed by atoms with Crippen LogP contribution in [0.4, 0.5) is 0 Å². The Balaban J connectivity index is 1.85. The monoisotopic (exact) mass is 421 g/mol. The van der Waals surface area contributed by atoms with Crippen LogP contribution in [0.25, 0.3) is 9.66 Å². The summed E-state index contributed by atoms with van der Waals surface area (Å²) in [6.07, 6.45) is 10.9. The average Bonchev–Trinajstić information content (AvgIpc) is 3.09. The normalized spacial score (nSPS) is 15.7. The van der Waals surface area contributed by atoms with Gasteiger partial charge in [-0.25, -0.2) is 0 Å². The van der Waals surface area contributed by atoms with Crippen molar-refractivity contribution in [1.29, 1.82) is 0 Å². The van der Waals surface area contributed by atoms with E-state index in [9.17, 15) is 0 Å². The molecule has 1 fully saturated rings. The number of hydrogen-bond acceptors (Lipinski definition) is 3. The zero-order chi connectivity index (χ0) is 16.1. The van der Waals surface area contributed by atoms with Crippen LogP contribution in [0.15, 0.2) is 42.7 Å². The van der Waals surface area contributed by atoms with Crippen molar-refractivity contribution in [2.75, 3.05) is 7.11 Å². The molecule has 4 heteroatoms. The Labute approximate surface area is 150 Å². The molecule has 3 nitrogen and oxygen atoms in total. The Bertz CT molecular complexity index is 679. The van der Waals surface area contributed by atoms with Crippen molar-refractivity contribution >= 4 is 32.2 Å². The van der Waals surface area contributed by atoms with Gasteiger partial charge in [0.15, 0.2) is 11.5 Å². The molecule has 0 bridgehead atoms. The molecule has 1 aromatic heterocycles. The zero-order valence-electron chi connectivity index (χ0n) is 13.2. The number of rotatable bonds is 5. The van der Waals surface area contributed by atoms with Crippen molar-refractivity contribution in [2.24, 2.45) is 0 Å². The van der Waals surface area contributed by atoms with Crippen molar-refractivity contribution < 1.29 is 9.47 Å². The lowest BCUT2D eigenvalue weighted by molar-refractivity contribution is 0.201. The van der Waals surface area contributed by atoms with Crippen LogP contribution in [0, 0.1) is 0 Å². The van der Waals surface area contributed by atoms with E-state index < -0.39 is 0 Å². The highest BCUT2D eigenvalue weighted by atomic mass is 127. The van der Waals surface area contributed by atoms with Crippen molar-refractivity contribution in [3.05, 3.63) is 53.9 Å². The van der Waals surface area contributed by atoms with E-state index in [0.29, 0.717) is 6.10 Å². The minimum Gasteiger partial charge on any atom is -0.493 e. The van der Waals surface area contributed by atoms with Crippen LogP contribution < -0.4 is 9.47 Å². The molecule has 1 aliphatic carbocycles. The highest BCUT2D eigenvalue weighted by molar-refractivity contribution is 14.1. The predicted molar refractivity (Wildman–Crippen MR) is 102 cm³/mol. The molecule has 0 saturated heterocycles. The standard InChI is InChI=1S/C19H20INO2/c1-22-18-7-6-14(12-17(20)15-8-10-21-11-9-15)13-19(18)23-16-4-2-3-5-16/h6-13,16H,2-5H2,1H3. The number of aromatic nitrogens is 1. The first-order chi connectivity index (χ1) is 11.3. The number of hydrogen-bond donors (Lipinski definition) is 0. The van der Waals surface area contributed by atoms with Gasteiger partial charge in [-0.15, -0.1) is 0 Å². The predicted octanol–water partition coefficient (Wildman–Crippen LogP) is 5.34. The summed E-state index contributed by atoms with van der Waals surface area (Å²) < 4.78 is 12.8. The minimum atomic E-state index is 0.322. The van der Waals surface area contributed by atoms with Gasteiger partial charge in [0.25, 0.3) is 0 Å². The second-order valence-corrected chi connectivity index (χ2v) is 6.82. The molecule has 1 saturated carbocycles. The van der Waals surface area contributed by atoms with Crippen molar-refractivity contribution in [3.8, 4) is 11.5 Å².